The molecule has 1 atom stereocenters. The van der Waals surface area contributed by atoms with Gasteiger partial charge in [-0.15, -0.1) is 0 Å². The summed E-state index contributed by atoms with van der Waals surface area (Å²) in [6, 6.07) is 11.8. The first-order valence-corrected chi connectivity index (χ1v) is 11.4. The molecule has 1 aliphatic heterocycles. The minimum Gasteiger partial charge on any atom is -0.355 e. The van der Waals surface area contributed by atoms with Crippen molar-refractivity contribution in [1.82, 2.24) is 19.2 Å². The third kappa shape index (κ3) is 4.08. The van der Waals surface area contributed by atoms with Crippen LogP contribution in [0.1, 0.15) is 19.3 Å². The summed E-state index contributed by atoms with van der Waals surface area (Å²) in [4.78, 5) is 17.0. The second-order valence-corrected chi connectivity index (χ2v) is 9.19. The van der Waals surface area contributed by atoms with Crippen molar-refractivity contribution in [3.05, 3.63) is 60.7 Å². The van der Waals surface area contributed by atoms with Gasteiger partial charge in [-0.3, -0.25) is 4.79 Å². The zero-order valence-corrected chi connectivity index (χ0v) is 17.2. The molecule has 0 bridgehead atoms. The van der Waals surface area contributed by atoms with Crippen LogP contribution < -0.4 is 5.32 Å². The van der Waals surface area contributed by atoms with E-state index in [1.807, 2.05) is 28.8 Å². The molecule has 1 N–H and O–H groups in total. The number of aromatic nitrogens is 2. The Hall–Kier alpha value is -2.78. The lowest BCUT2D eigenvalue weighted by molar-refractivity contribution is -0.124. The number of hydrogen-bond donors (Lipinski definition) is 1. The van der Waals surface area contributed by atoms with Gasteiger partial charge in [0.15, 0.2) is 0 Å². The average molecular weight is 431 g/mol. The summed E-state index contributed by atoms with van der Waals surface area (Å²) in [5, 5.41) is 2.86. The first kappa shape index (κ1) is 20.5. The zero-order chi connectivity index (χ0) is 21.1. The molecule has 0 saturated carbocycles. The molecule has 2 aromatic carbocycles. The van der Waals surface area contributed by atoms with E-state index in [9.17, 15) is 17.6 Å². The largest absolute Gasteiger partial charge is 0.355 e. The highest BCUT2D eigenvalue weighted by atomic mass is 32.2. The molecule has 7 nitrogen and oxygen atoms in total. The average Bonchev–Trinajstić information content (AvgIpc) is 3.39. The summed E-state index contributed by atoms with van der Waals surface area (Å²) >= 11 is 0. The summed E-state index contributed by atoms with van der Waals surface area (Å²) in [6.45, 7) is 1.41. The van der Waals surface area contributed by atoms with Gasteiger partial charge in [-0.05, 0) is 55.7 Å². The van der Waals surface area contributed by atoms with Crippen LogP contribution in [0.4, 0.5) is 4.39 Å². The standard InChI is InChI=1S/C21H23FN4O3S/c22-16-8-10-17(11-9-16)30(28,29)26-14-3-7-20(26)21(27)23-12-4-13-25-15-24-18-5-1-2-6-19(18)25/h1-2,5-6,8-11,15,20H,3-4,7,12-14H2,(H,23,27)/t20-/m1/s1. The van der Waals surface area contributed by atoms with Gasteiger partial charge >= 0.3 is 0 Å². The Labute approximate surface area is 174 Å². The molecular weight excluding hydrogens is 407 g/mol. The molecule has 1 amide bonds. The summed E-state index contributed by atoms with van der Waals surface area (Å²) in [7, 11) is -3.85. The van der Waals surface area contributed by atoms with E-state index < -0.39 is 21.9 Å². The monoisotopic (exact) mass is 430 g/mol. The Balaban J connectivity index is 1.35. The predicted molar refractivity (Wildman–Crippen MR) is 111 cm³/mol. The lowest BCUT2D eigenvalue weighted by Gasteiger charge is -2.23. The van der Waals surface area contributed by atoms with Gasteiger partial charge in [0.25, 0.3) is 0 Å². The van der Waals surface area contributed by atoms with Crippen LogP contribution in [0.3, 0.4) is 0 Å². The van der Waals surface area contributed by atoms with Crippen LogP contribution in [-0.2, 0) is 21.4 Å². The smallest absolute Gasteiger partial charge is 0.243 e. The maximum Gasteiger partial charge on any atom is 0.243 e. The lowest BCUT2D eigenvalue weighted by atomic mass is 10.2. The number of hydrogen-bond acceptors (Lipinski definition) is 4. The van der Waals surface area contributed by atoms with E-state index in [0.717, 1.165) is 23.2 Å². The number of carbonyl (C=O) groups is 1. The van der Waals surface area contributed by atoms with E-state index in [2.05, 4.69) is 10.3 Å². The van der Waals surface area contributed by atoms with Gasteiger partial charge in [0.2, 0.25) is 15.9 Å². The van der Waals surface area contributed by atoms with Crippen molar-refractivity contribution in [2.45, 2.75) is 36.7 Å². The molecule has 0 aliphatic carbocycles. The van der Waals surface area contributed by atoms with E-state index >= 15 is 0 Å². The van der Waals surface area contributed by atoms with Gasteiger partial charge in [-0.1, -0.05) is 12.1 Å². The topological polar surface area (TPSA) is 84.3 Å². The van der Waals surface area contributed by atoms with Crippen molar-refractivity contribution in [2.75, 3.05) is 13.1 Å². The highest BCUT2D eigenvalue weighted by Crippen LogP contribution is 2.26. The molecular formula is C21H23FN4O3S. The molecule has 0 radical (unpaired) electrons. The third-order valence-electron chi connectivity index (χ3n) is 5.33. The molecule has 0 unspecified atom stereocenters. The van der Waals surface area contributed by atoms with Gasteiger partial charge in [0.05, 0.1) is 22.3 Å². The maximum absolute atomic E-state index is 13.1. The Morgan fingerprint density at radius 2 is 1.93 bits per heavy atom. The Kier molecular flexibility index (Phi) is 5.83. The Morgan fingerprint density at radius 3 is 2.73 bits per heavy atom. The number of carbonyl (C=O) groups excluding carboxylic acids is 1. The van der Waals surface area contributed by atoms with E-state index in [-0.39, 0.29) is 17.3 Å². The third-order valence-corrected chi connectivity index (χ3v) is 7.25. The van der Waals surface area contributed by atoms with Gasteiger partial charge < -0.3 is 9.88 Å². The molecule has 3 aromatic rings. The Morgan fingerprint density at radius 1 is 1.17 bits per heavy atom. The quantitative estimate of drug-likeness (QED) is 0.584. The molecule has 2 heterocycles. The van der Waals surface area contributed by atoms with Crippen LogP contribution in [0.5, 0.6) is 0 Å². The Bertz CT molecular complexity index is 1140. The SMILES string of the molecule is O=C(NCCCn1cnc2ccccc21)[C@H]1CCCN1S(=O)(=O)c1ccc(F)cc1. The molecule has 1 aliphatic rings. The number of rotatable bonds is 7. The first-order valence-electron chi connectivity index (χ1n) is 9.92. The number of fused-ring (bicyclic) bond motifs is 1. The number of benzene rings is 2. The number of nitrogens with one attached hydrogen (secondary N) is 1. The number of halogens is 1. The van der Waals surface area contributed by atoms with Crippen molar-refractivity contribution >= 4 is 27.0 Å². The minimum atomic E-state index is -3.85. The molecule has 30 heavy (non-hydrogen) atoms. The van der Waals surface area contributed by atoms with Gasteiger partial charge in [-0.2, -0.15) is 4.31 Å². The normalized spacial score (nSPS) is 17.4. The van der Waals surface area contributed by atoms with Crippen LogP contribution in [0.2, 0.25) is 0 Å². The van der Waals surface area contributed by atoms with Crippen LogP contribution in [0, 0.1) is 5.82 Å². The van der Waals surface area contributed by atoms with Crippen molar-refractivity contribution in [3.8, 4) is 0 Å². The fourth-order valence-electron chi connectivity index (χ4n) is 3.80. The number of sulfonamides is 1. The molecule has 0 spiro atoms. The number of nitrogens with zero attached hydrogens (tertiary/aromatic N) is 3. The van der Waals surface area contributed by atoms with E-state index in [1.165, 1.54) is 16.4 Å². The molecule has 158 valence electrons. The molecule has 1 aromatic heterocycles. The van der Waals surface area contributed by atoms with E-state index in [4.69, 9.17) is 0 Å². The number of amides is 1. The van der Waals surface area contributed by atoms with E-state index in [1.54, 1.807) is 6.33 Å². The van der Waals surface area contributed by atoms with Crippen LogP contribution in [-0.4, -0.2) is 47.3 Å². The molecule has 9 heteroatoms. The zero-order valence-electron chi connectivity index (χ0n) is 16.4. The van der Waals surface area contributed by atoms with Gasteiger partial charge in [-0.25, -0.2) is 17.8 Å². The predicted octanol–water partition coefficient (Wildman–Crippen LogP) is 2.54. The fraction of sp³-hybridized carbons (Fsp3) is 0.333. The van der Waals surface area contributed by atoms with Crippen molar-refractivity contribution in [2.24, 2.45) is 0 Å². The second kappa shape index (κ2) is 8.53. The fourth-order valence-corrected chi connectivity index (χ4v) is 5.46. The lowest BCUT2D eigenvalue weighted by Crippen LogP contribution is -2.46. The molecule has 1 fully saturated rings. The highest BCUT2D eigenvalue weighted by molar-refractivity contribution is 7.89. The molecule has 1 saturated heterocycles. The van der Waals surface area contributed by atoms with Crippen LogP contribution in [0.25, 0.3) is 11.0 Å². The first-order chi connectivity index (χ1) is 14.5. The summed E-state index contributed by atoms with van der Waals surface area (Å²) in [5.41, 5.74) is 1.96. The van der Waals surface area contributed by atoms with Crippen molar-refractivity contribution in [3.63, 3.8) is 0 Å². The van der Waals surface area contributed by atoms with Crippen LogP contribution >= 0.6 is 0 Å². The number of aryl methyl sites for hydroxylation is 1. The van der Waals surface area contributed by atoms with Gasteiger partial charge in [0, 0.05) is 19.6 Å². The second-order valence-electron chi connectivity index (χ2n) is 7.30. The summed E-state index contributed by atoms with van der Waals surface area (Å²) in [5.74, 6) is -0.802. The minimum absolute atomic E-state index is 0.00409. The van der Waals surface area contributed by atoms with E-state index in [0.29, 0.717) is 32.4 Å². The maximum atomic E-state index is 13.1. The number of imidazole rings is 1. The summed E-state index contributed by atoms with van der Waals surface area (Å²) in [6.07, 6.45) is 3.56. The number of para-hydroxylation sites is 2. The van der Waals surface area contributed by atoms with Crippen molar-refractivity contribution in [1.29, 1.82) is 0 Å². The molecule has 4 rings (SSSR count). The van der Waals surface area contributed by atoms with Crippen LogP contribution in [0.15, 0.2) is 59.8 Å². The highest BCUT2D eigenvalue weighted by Gasteiger charge is 2.39. The van der Waals surface area contributed by atoms with Gasteiger partial charge in [0.1, 0.15) is 11.9 Å². The van der Waals surface area contributed by atoms with Crippen molar-refractivity contribution < 1.29 is 17.6 Å². The summed E-state index contributed by atoms with van der Waals surface area (Å²) < 4.78 is 42.2.